The minimum Gasteiger partial charge on any atom is -0.322 e. The zero-order chi connectivity index (χ0) is 13.9. The Kier molecular flexibility index (Phi) is 3.55. The highest BCUT2D eigenvalue weighted by Gasteiger charge is 2.30. The summed E-state index contributed by atoms with van der Waals surface area (Å²) in [6.45, 7) is 0. The molecule has 2 aromatic rings. The van der Waals surface area contributed by atoms with Crippen LogP contribution < -0.4 is 5.32 Å². The molecule has 0 saturated carbocycles. The molecule has 0 aliphatic carbocycles. The second-order valence-electron chi connectivity index (χ2n) is 3.82. The van der Waals surface area contributed by atoms with Crippen LogP contribution in [0, 0.1) is 6.07 Å². The van der Waals surface area contributed by atoms with Gasteiger partial charge in [0.2, 0.25) is 0 Å². The fraction of sp³-hybridized carbons (Fsp3) is 0.0714. The van der Waals surface area contributed by atoms with Gasteiger partial charge in [0.1, 0.15) is 0 Å². The highest BCUT2D eigenvalue weighted by Crippen LogP contribution is 2.29. The van der Waals surface area contributed by atoms with Crippen LogP contribution >= 0.6 is 0 Å². The lowest BCUT2D eigenvalue weighted by atomic mass is 10.1. The Labute approximate surface area is 107 Å². The Bertz CT molecular complexity index is 561. The van der Waals surface area contributed by atoms with E-state index in [9.17, 15) is 18.0 Å². The molecule has 0 aromatic heterocycles. The molecule has 0 spiro atoms. The van der Waals surface area contributed by atoms with Gasteiger partial charge in [0.25, 0.3) is 5.91 Å². The monoisotopic (exact) mass is 264 g/mol. The SMILES string of the molecule is O=C(Nc1cc[c]cc1)c1ccc(C(F)(F)F)cc1. The average Bonchev–Trinajstić information content (AvgIpc) is 2.39. The van der Waals surface area contributed by atoms with Crippen molar-refractivity contribution in [1.82, 2.24) is 0 Å². The van der Waals surface area contributed by atoms with Gasteiger partial charge in [-0.15, -0.1) is 0 Å². The molecule has 2 nitrogen and oxygen atoms in total. The first-order chi connectivity index (χ1) is 8.97. The molecule has 0 saturated heterocycles. The number of alkyl halides is 3. The predicted molar refractivity (Wildman–Crippen MR) is 64.7 cm³/mol. The molecule has 97 valence electrons. The van der Waals surface area contributed by atoms with E-state index in [0.29, 0.717) is 5.69 Å². The van der Waals surface area contributed by atoms with E-state index < -0.39 is 17.6 Å². The van der Waals surface area contributed by atoms with Crippen molar-refractivity contribution in [2.75, 3.05) is 5.32 Å². The summed E-state index contributed by atoms with van der Waals surface area (Å²) in [5.74, 6) is -0.458. The first-order valence-corrected chi connectivity index (χ1v) is 5.41. The van der Waals surface area contributed by atoms with Gasteiger partial charge in [0.15, 0.2) is 0 Å². The topological polar surface area (TPSA) is 29.1 Å². The molecule has 2 rings (SSSR count). The summed E-state index contributed by atoms with van der Waals surface area (Å²) in [6, 6.07) is 13.4. The van der Waals surface area contributed by atoms with Gasteiger partial charge >= 0.3 is 6.18 Å². The Morgan fingerprint density at radius 3 is 2.11 bits per heavy atom. The van der Waals surface area contributed by atoms with Crippen LogP contribution in [-0.4, -0.2) is 5.91 Å². The number of carbonyl (C=O) groups excluding carboxylic acids is 1. The van der Waals surface area contributed by atoms with E-state index in [1.807, 2.05) is 0 Å². The van der Waals surface area contributed by atoms with E-state index in [2.05, 4.69) is 11.4 Å². The number of rotatable bonds is 2. The third-order valence-electron chi connectivity index (χ3n) is 2.45. The number of halogens is 3. The van der Waals surface area contributed by atoms with E-state index in [0.717, 1.165) is 24.3 Å². The first-order valence-electron chi connectivity index (χ1n) is 5.41. The second kappa shape index (κ2) is 5.14. The van der Waals surface area contributed by atoms with Crippen molar-refractivity contribution >= 4 is 11.6 Å². The van der Waals surface area contributed by atoms with Gasteiger partial charge in [-0.1, -0.05) is 12.1 Å². The van der Waals surface area contributed by atoms with E-state index in [4.69, 9.17) is 0 Å². The number of hydrogen-bond acceptors (Lipinski definition) is 1. The van der Waals surface area contributed by atoms with Crippen LogP contribution in [0.3, 0.4) is 0 Å². The summed E-state index contributed by atoms with van der Waals surface area (Å²) >= 11 is 0. The molecule has 0 atom stereocenters. The van der Waals surface area contributed by atoms with Crippen molar-refractivity contribution in [1.29, 1.82) is 0 Å². The standard InChI is InChI=1S/C14H9F3NO/c15-14(16,17)11-8-6-10(7-9-11)13(19)18-12-4-2-1-3-5-12/h2-9H,(H,18,19). The quantitative estimate of drug-likeness (QED) is 0.879. The molecule has 0 aliphatic rings. The molecule has 0 aliphatic heterocycles. The van der Waals surface area contributed by atoms with Crippen LogP contribution in [0.5, 0.6) is 0 Å². The number of nitrogens with one attached hydrogen (secondary N) is 1. The van der Waals surface area contributed by atoms with Gasteiger partial charge in [-0.25, -0.2) is 0 Å². The number of hydrogen-bond donors (Lipinski definition) is 1. The normalized spacial score (nSPS) is 11.1. The van der Waals surface area contributed by atoms with Crippen LogP contribution in [0.1, 0.15) is 15.9 Å². The molecule has 0 fully saturated rings. The summed E-state index contributed by atoms with van der Waals surface area (Å²) in [6.07, 6.45) is -4.40. The molecule has 1 amide bonds. The molecular weight excluding hydrogens is 255 g/mol. The second-order valence-corrected chi connectivity index (χ2v) is 3.82. The maximum absolute atomic E-state index is 12.4. The Hall–Kier alpha value is -2.30. The maximum Gasteiger partial charge on any atom is 0.416 e. The van der Waals surface area contributed by atoms with Crippen molar-refractivity contribution < 1.29 is 18.0 Å². The van der Waals surface area contributed by atoms with Crippen molar-refractivity contribution in [2.45, 2.75) is 6.18 Å². The molecular formula is C14H9F3NO. The van der Waals surface area contributed by atoms with Gasteiger partial charge < -0.3 is 5.32 Å². The third kappa shape index (κ3) is 3.34. The summed E-state index contributed by atoms with van der Waals surface area (Å²) in [4.78, 5) is 11.8. The highest BCUT2D eigenvalue weighted by molar-refractivity contribution is 6.04. The molecule has 0 heterocycles. The van der Waals surface area contributed by atoms with Gasteiger partial charge in [-0.3, -0.25) is 4.79 Å². The molecule has 0 unspecified atom stereocenters. The van der Waals surface area contributed by atoms with Crippen molar-refractivity contribution in [2.24, 2.45) is 0 Å². The van der Waals surface area contributed by atoms with Gasteiger partial charge in [-0.05, 0) is 42.5 Å². The van der Waals surface area contributed by atoms with Crippen molar-refractivity contribution in [3.63, 3.8) is 0 Å². The number of carbonyl (C=O) groups is 1. The van der Waals surface area contributed by atoms with Crippen LogP contribution in [0.15, 0.2) is 48.5 Å². The molecule has 19 heavy (non-hydrogen) atoms. The van der Waals surface area contributed by atoms with E-state index in [-0.39, 0.29) is 5.56 Å². The fourth-order valence-electron chi connectivity index (χ4n) is 1.48. The largest absolute Gasteiger partial charge is 0.416 e. The number of amides is 1. The maximum atomic E-state index is 12.4. The van der Waals surface area contributed by atoms with E-state index in [1.54, 1.807) is 24.3 Å². The molecule has 1 radical (unpaired) electrons. The van der Waals surface area contributed by atoms with Gasteiger partial charge in [0, 0.05) is 11.3 Å². The molecule has 0 bridgehead atoms. The molecule has 2 aromatic carbocycles. The van der Waals surface area contributed by atoms with E-state index in [1.165, 1.54) is 0 Å². The number of benzene rings is 2. The lowest BCUT2D eigenvalue weighted by molar-refractivity contribution is -0.137. The number of anilines is 1. The van der Waals surface area contributed by atoms with Crippen LogP contribution in [-0.2, 0) is 6.18 Å². The first kappa shape index (κ1) is 13.1. The lowest BCUT2D eigenvalue weighted by Crippen LogP contribution is -2.12. The Morgan fingerprint density at radius 1 is 1.00 bits per heavy atom. The predicted octanol–water partition coefficient (Wildman–Crippen LogP) is 3.76. The van der Waals surface area contributed by atoms with Crippen molar-refractivity contribution in [3.05, 3.63) is 65.7 Å². The minimum atomic E-state index is -4.40. The highest BCUT2D eigenvalue weighted by atomic mass is 19.4. The minimum absolute atomic E-state index is 0.167. The smallest absolute Gasteiger partial charge is 0.322 e. The summed E-state index contributed by atoms with van der Waals surface area (Å²) < 4.78 is 37.1. The Morgan fingerprint density at radius 2 is 1.58 bits per heavy atom. The van der Waals surface area contributed by atoms with Crippen LogP contribution in [0.2, 0.25) is 0 Å². The van der Waals surface area contributed by atoms with Crippen LogP contribution in [0.4, 0.5) is 18.9 Å². The van der Waals surface area contributed by atoms with Gasteiger partial charge in [-0.2, -0.15) is 13.2 Å². The average molecular weight is 264 g/mol. The summed E-state index contributed by atoms with van der Waals surface area (Å²) in [5.41, 5.74) is -0.0529. The Balaban J connectivity index is 2.12. The zero-order valence-electron chi connectivity index (χ0n) is 9.66. The van der Waals surface area contributed by atoms with Crippen molar-refractivity contribution in [3.8, 4) is 0 Å². The lowest BCUT2D eigenvalue weighted by Gasteiger charge is -2.08. The third-order valence-corrected chi connectivity index (χ3v) is 2.45. The molecule has 5 heteroatoms. The summed E-state index contributed by atoms with van der Waals surface area (Å²) in [7, 11) is 0. The van der Waals surface area contributed by atoms with E-state index >= 15 is 0 Å². The zero-order valence-corrected chi connectivity index (χ0v) is 9.66. The van der Waals surface area contributed by atoms with Gasteiger partial charge in [0.05, 0.1) is 5.56 Å². The van der Waals surface area contributed by atoms with Crippen LogP contribution in [0.25, 0.3) is 0 Å². The molecule has 1 N–H and O–H groups in total. The summed E-state index contributed by atoms with van der Waals surface area (Å²) in [5, 5.41) is 2.58. The fourth-order valence-corrected chi connectivity index (χ4v) is 1.48.